The molecule has 3 nitrogen and oxygen atoms in total. The summed E-state index contributed by atoms with van der Waals surface area (Å²) in [5.74, 6) is 0.163. The third kappa shape index (κ3) is 2.72. The van der Waals surface area contributed by atoms with E-state index in [0.717, 1.165) is 18.5 Å². The van der Waals surface area contributed by atoms with Crippen molar-refractivity contribution in [1.29, 1.82) is 0 Å². The Kier molecular flexibility index (Phi) is 3.73. The van der Waals surface area contributed by atoms with Gasteiger partial charge in [0.25, 0.3) is 0 Å². The molecule has 0 heterocycles. The molecule has 0 unspecified atom stereocenters. The third-order valence-electron chi connectivity index (χ3n) is 1.98. The average molecular weight is 181 g/mol. The highest BCUT2D eigenvalue weighted by molar-refractivity contribution is 5.35. The Bertz CT molecular complexity index is 274. The van der Waals surface area contributed by atoms with Gasteiger partial charge in [0.05, 0.1) is 6.61 Å². The third-order valence-corrected chi connectivity index (χ3v) is 1.98. The van der Waals surface area contributed by atoms with Crippen LogP contribution in [0.3, 0.4) is 0 Å². The Morgan fingerprint density at radius 1 is 1.38 bits per heavy atom. The largest absolute Gasteiger partial charge is 0.508 e. The number of aliphatic hydroxyl groups excluding tert-OH is 1. The first-order valence-corrected chi connectivity index (χ1v) is 4.34. The molecule has 0 amide bonds. The molecule has 0 aliphatic carbocycles. The van der Waals surface area contributed by atoms with Gasteiger partial charge in [0, 0.05) is 5.56 Å². The summed E-state index contributed by atoms with van der Waals surface area (Å²) in [6, 6.07) is 5.31. The number of rotatable bonds is 4. The van der Waals surface area contributed by atoms with Crippen molar-refractivity contribution in [2.24, 2.45) is 0 Å². The number of phenols is 1. The minimum Gasteiger partial charge on any atom is -0.508 e. The fourth-order valence-corrected chi connectivity index (χ4v) is 1.19. The average Bonchev–Trinajstić information content (AvgIpc) is 2.16. The SMILES string of the molecule is CNCCc1ccc(O)c(CO)c1. The van der Waals surface area contributed by atoms with E-state index in [1.165, 1.54) is 0 Å². The van der Waals surface area contributed by atoms with Gasteiger partial charge < -0.3 is 15.5 Å². The minimum atomic E-state index is -0.112. The molecule has 0 bridgehead atoms. The van der Waals surface area contributed by atoms with Crippen molar-refractivity contribution in [2.75, 3.05) is 13.6 Å². The molecule has 0 atom stereocenters. The summed E-state index contributed by atoms with van der Waals surface area (Å²) >= 11 is 0. The number of hydrogen-bond acceptors (Lipinski definition) is 3. The first-order valence-electron chi connectivity index (χ1n) is 4.34. The molecule has 0 aromatic heterocycles. The second-order valence-electron chi connectivity index (χ2n) is 2.97. The van der Waals surface area contributed by atoms with Crippen LogP contribution in [0, 0.1) is 0 Å². The maximum atomic E-state index is 9.28. The van der Waals surface area contributed by atoms with Gasteiger partial charge in [-0.25, -0.2) is 0 Å². The Morgan fingerprint density at radius 3 is 2.77 bits per heavy atom. The monoisotopic (exact) mass is 181 g/mol. The molecule has 0 saturated heterocycles. The Labute approximate surface area is 78.0 Å². The Morgan fingerprint density at radius 2 is 2.15 bits per heavy atom. The first-order chi connectivity index (χ1) is 6.27. The Balaban J connectivity index is 2.74. The molecule has 0 fully saturated rings. The zero-order valence-corrected chi connectivity index (χ0v) is 7.75. The lowest BCUT2D eigenvalue weighted by Crippen LogP contribution is -2.10. The highest BCUT2D eigenvalue weighted by Gasteiger charge is 2.00. The number of aliphatic hydroxyl groups is 1. The lowest BCUT2D eigenvalue weighted by molar-refractivity contribution is 0.275. The zero-order chi connectivity index (χ0) is 9.68. The van der Waals surface area contributed by atoms with E-state index in [9.17, 15) is 5.11 Å². The van der Waals surface area contributed by atoms with Crippen LogP contribution < -0.4 is 5.32 Å². The number of likely N-dealkylation sites (N-methyl/N-ethyl adjacent to an activating group) is 1. The lowest BCUT2D eigenvalue weighted by Gasteiger charge is -2.05. The molecule has 0 aliphatic rings. The smallest absolute Gasteiger partial charge is 0.121 e. The highest BCUT2D eigenvalue weighted by atomic mass is 16.3. The van der Waals surface area contributed by atoms with Crippen LogP contribution in [0.2, 0.25) is 0 Å². The van der Waals surface area contributed by atoms with Crippen molar-refractivity contribution in [2.45, 2.75) is 13.0 Å². The van der Waals surface area contributed by atoms with Gasteiger partial charge in [0.15, 0.2) is 0 Å². The van der Waals surface area contributed by atoms with Gasteiger partial charge in [-0.15, -0.1) is 0 Å². The summed E-state index contributed by atoms with van der Waals surface area (Å²) < 4.78 is 0. The van der Waals surface area contributed by atoms with Gasteiger partial charge in [-0.05, 0) is 37.7 Å². The van der Waals surface area contributed by atoms with E-state index in [-0.39, 0.29) is 12.4 Å². The van der Waals surface area contributed by atoms with Crippen LogP contribution >= 0.6 is 0 Å². The van der Waals surface area contributed by atoms with Gasteiger partial charge in [-0.1, -0.05) is 6.07 Å². The van der Waals surface area contributed by atoms with Crippen LogP contribution in [-0.4, -0.2) is 23.8 Å². The minimum absolute atomic E-state index is 0.112. The van der Waals surface area contributed by atoms with Crippen molar-refractivity contribution in [3.05, 3.63) is 29.3 Å². The summed E-state index contributed by atoms with van der Waals surface area (Å²) in [5, 5.41) is 21.2. The molecule has 13 heavy (non-hydrogen) atoms. The van der Waals surface area contributed by atoms with Gasteiger partial charge in [0.1, 0.15) is 5.75 Å². The molecule has 0 radical (unpaired) electrons. The number of nitrogens with one attached hydrogen (secondary N) is 1. The van der Waals surface area contributed by atoms with Crippen molar-refractivity contribution in [1.82, 2.24) is 5.32 Å². The molecule has 3 heteroatoms. The Hall–Kier alpha value is -1.06. The van der Waals surface area contributed by atoms with Crippen molar-refractivity contribution in [3.8, 4) is 5.75 Å². The van der Waals surface area contributed by atoms with Gasteiger partial charge in [0.2, 0.25) is 0 Å². The lowest BCUT2D eigenvalue weighted by atomic mass is 10.1. The second-order valence-corrected chi connectivity index (χ2v) is 2.97. The number of aromatic hydroxyl groups is 1. The molecule has 0 spiro atoms. The molecular weight excluding hydrogens is 166 g/mol. The molecule has 3 N–H and O–H groups in total. The summed E-state index contributed by atoms with van der Waals surface area (Å²) in [6.07, 6.45) is 0.907. The van der Waals surface area contributed by atoms with Crippen LogP contribution in [0.4, 0.5) is 0 Å². The van der Waals surface area contributed by atoms with Crippen LogP contribution in [0.25, 0.3) is 0 Å². The first kappa shape index (κ1) is 10.0. The van der Waals surface area contributed by atoms with Crippen molar-refractivity contribution < 1.29 is 10.2 Å². The predicted octanol–water partition coefficient (Wildman–Crippen LogP) is 0.646. The van der Waals surface area contributed by atoms with Crippen LogP contribution in [0.1, 0.15) is 11.1 Å². The summed E-state index contributed by atoms with van der Waals surface area (Å²) in [6.45, 7) is 0.787. The van der Waals surface area contributed by atoms with E-state index < -0.39 is 0 Å². The fraction of sp³-hybridized carbons (Fsp3) is 0.400. The molecule has 72 valence electrons. The van der Waals surface area contributed by atoms with E-state index in [2.05, 4.69) is 5.32 Å². The molecule has 0 aliphatic heterocycles. The maximum Gasteiger partial charge on any atom is 0.121 e. The van der Waals surface area contributed by atoms with Crippen LogP contribution in [0.15, 0.2) is 18.2 Å². The van der Waals surface area contributed by atoms with E-state index in [0.29, 0.717) is 5.56 Å². The summed E-state index contributed by atoms with van der Waals surface area (Å²) in [4.78, 5) is 0. The fourth-order valence-electron chi connectivity index (χ4n) is 1.19. The predicted molar refractivity (Wildman–Crippen MR) is 51.7 cm³/mol. The molecule has 1 aromatic carbocycles. The summed E-state index contributed by atoms with van der Waals surface area (Å²) in [5.41, 5.74) is 1.71. The van der Waals surface area contributed by atoms with E-state index in [1.807, 2.05) is 19.2 Å². The van der Waals surface area contributed by atoms with Crippen molar-refractivity contribution in [3.63, 3.8) is 0 Å². The van der Waals surface area contributed by atoms with Crippen LogP contribution in [0.5, 0.6) is 5.75 Å². The maximum absolute atomic E-state index is 9.28. The number of hydrogen-bond donors (Lipinski definition) is 3. The van der Waals surface area contributed by atoms with Gasteiger partial charge in [-0.2, -0.15) is 0 Å². The van der Waals surface area contributed by atoms with Crippen molar-refractivity contribution >= 4 is 0 Å². The van der Waals surface area contributed by atoms with Crippen LogP contribution in [-0.2, 0) is 13.0 Å². The topological polar surface area (TPSA) is 52.5 Å². The molecule has 0 saturated carbocycles. The normalized spacial score (nSPS) is 10.3. The van der Waals surface area contributed by atoms with E-state index in [1.54, 1.807) is 6.07 Å². The second kappa shape index (κ2) is 4.84. The standard InChI is InChI=1S/C10H15NO2/c1-11-5-4-8-2-3-10(13)9(6-8)7-12/h2-3,6,11-13H,4-5,7H2,1H3. The van der Waals surface area contributed by atoms with E-state index in [4.69, 9.17) is 5.11 Å². The van der Waals surface area contributed by atoms with Gasteiger partial charge >= 0.3 is 0 Å². The van der Waals surface area contributed by atoms with Gasteiger partial charge in [-0.3, -0.25) is 0 Å². The number of benzene rings is 1. The quantitative estimate of drug-likeness (QED) is 0.639. The molecule has 1 aromatic rings. The zero-order valence-electron chi connectivity index (χ0n) is 7.75. The van der Waals surface area contributed by atoms with E-state index >= 15 is 0 Å². The summed E-state index contributed by atoms with van der Waals surface area (Å²) in [7, 11) is 1.90. The molecular formula is C10H15NO2. The highest BCUT2D eigenvalue weighted by Crippen LogP contribution is 2.18. The molecule has 1 rings (SSSR count).